The lowest BCUT2D eigenvalue weighted by Crippen LogP contribution is -2.21. The Labute approximate surface area is 119 Å². The molecule has 0 unspecified atom stereocenters. The Hall–Kier alpha value is -2.08. The summed E-state index contributed by atoms with van der Waals surface area (Å²) >= 11 is 1.33. The second-order valence-corrected chi connectivity index (χ2v) is 5.54. The number of benzene rings is 1. The van der Waals surface area contributed by atoms with Gasteiger partial charge in [-0.2, -0.15) is 4.98 Å². The number of nitrogens with zero attached hydrogens (tertiary/aromatic N) is 2. The number of ether oxygens (including phenoxy) is 1. The molecule has 0 aliphatic heterocycles. The van der Waals surface area contributed by atoms with Gasteiger partial charge in [0.25, 0.3) is 0 Å². The predicted octanol–water partition coefficient (Wildman–Crippen LogP) is 3.03. The lowest BCUT2D eigenvalue weighted by Gasteiger charge is -2.07. The number of unbranched alkanes of at least 4 members (excludes halogenated alkanes) is 1. The fourth-order valence-corrected chi connectivity index (χ4v) is 3.08. The smallest absolute Gasteiger partial charge is 0.334 e. The van der Waals surface area contributed by atoms with Crippen LogP contribution in [-0.2, 0) is 0 Å². The molecule has 0 aliphatic rings. The third-order valence-electron chi connectivity index (χ3n) is 3.07. The number of rotatable bonds is 4. The Morgan fingerprint density at radius 1 is 1.40 bits per heavy atom. The van der Waals surface area contributed by atoms with Gasteiger partial charge in [-0.05, 0) is 12.5 Å². The SMILES string of the molecule is CCCCOc1nc2c(sc3ccccc32)c(=O)n1O. The quantitative estimate of drug-likeness (QED) is 0.592. The van der Waals surface area contributed by atoms with Crippen LogP contribution in [0.4, 0.5) is 0 Å². The van der Waals surface area contributed by atoms with Crippen LogP contribution in [0.15, 0.2) is 29.1 Å². The van der Waals surface area contributed by atoms with Gasteiger partial charge in [-0.1, -0.05) is 36.3 Å². The molecule has 2 heterocycles. The topological polar surface area (TPSA) is 64.3 Å². The molecule has 0 fully saturated rings. The van der Waals surface area contributed by atoms with Crippen molar-refractivity contribution >= 4 is 31.6 Å². The summed E-state index contributed by atoms with van der Waals surface area (Å²) in [7, 11) is 0. The van der Waals surface area contributed by atoms with Gasteiger partial charge in [0.2, 0.25) is 0 Å². The molecule has 0 radical (unpaired) electrons. The minimum absolute atomic E-state index is 0.0421. The van der Waals surface area contributed by atoms with Crippen LogP contribution in [0.5, 0.6) is 6.01 Å². The predicted molar refractivity (Wildman–Crippen MR) is 79.0 cm³/mol. The highest BCUT2D eigenvalue weighted by Gasteiger charge is 2.16. The highest BCUT2D eigenvalue weighted by atomic mass is 32.1. The van der Waals surface area contributed by atoms with Crippen molar-refractivity contribution in [1.29, 1.82) is 0 Å². The molecule has 3 aromatic rings. The molecule has 0 bridgehead atoms. The number of hydrogen-bond acceptors (Lipinski definition) is 5. The van der Waals surface area contributed by atoms with E-state index in [2.05, 4.69) is 4.98 Å². The minimum Gasteiger partial charge on any atom is -0.463 e. The lowest BCUT2D eigenvalue weighted by atomic mass is 10.2. The summed E-state index contributed by atoms with van der Waals surface area (Å²) in [6.45, 7) is 2.47. The van der Waals surface area contributed by atoms with E-state index in [1.807, 2.05) is 31.2 Å². The summed E-state index contributed by atoms with van der Waals surface area (Å²) in [4.78, 5) is 16.5. The van der Waals surface area contributed by atoms with Crippen molar-refractivity contribution in [2.75, 3.05) is 6.61 Å². The van der Waals surface area contributed by atoms with Crippen LogP contribution in [0.2, 0.25) is 0 Å². The van der Waals surface area contributed by atoms with Gasteiger partial charge in [0.05, 0.1) is 6.61 Å². The molecule has 0 saturated heterocycles. The van der Waals surface area contributed by atoms with Crippen molar-refractivity contribution in [1.82, 2.24) is 9.71 Å². The minimum atomic E-state index is -0.484. The summed E-state index contributed by atoms with van der Waals surface area (Å²) in [6, 6.07) is 7.62. The first-order valence-corrected chi connectivity index (χ1v) is 7.30. The first kappa shape index (κ1) is 12.9. The van der Waals surface area contributed by atoms with Gasteiger partial charge < -0.3 is 9.94 Å². The molecule has 0 aliphatic carbocycles. The van der Waals surface area contributed by atoms with Crippen LogP contribution < -0.4 is 10.3 Å². The molecular formula is C14H14N2O3S. The van der Waals surface area contributed by atoms with Crippen LogP contribution >= 0.6 is 11.3 Å². The van der Waals surface area contributed by atoms with Crippen molar-refractivity contribution in [3.05, 3.63) is 34.6 Å². The molecule has 6 heteroatoms. The van der Waals surface area contributed by atoms with Gasteiger partial charge in [0.15, 0.2) is 0 Å². The standard InChI is InChI=1S/C14H14N2O3S/c1-2-3-8-19-14-15-11-9-6-4-5-7-10(9)20-12(11)13(17)16(14)18/h4-7,18H,2-3,8H2,1H3. The Bertz CT molecular complexity index is 822. The molecule has 5 nitrogen and oxygen atoms in total. The fourth-order valence-electron chi connectivity index (χ4n) is 2.02. The first-order valence-electron chi connectivity index (χ1n) is 6.48. The van der Waals surface area contributed by atoms with E-state index >= 15 is 0 Å². The van der Waals surface area contributed by atoms with Gasteiger partial charge in [-0.3, -0.25) is 4.79 Å². The Kier molecular flexibility index (Phi) is 3.31. The number of thiophene rings is 1. The molecule has 0 saturated carbocycles. The monoisotopic (exact) mass is 290 g/mol. The number of hydrogen-bond donors (Lipinski definition) is 1. The second kappa shape index (κ2) is 5.13. The maximum absolute atomic E-state index is 12.2. The maximum atomic E-state index is 12.2. The third kappa shape index (κ3) is 2.02. The normalized spacial score (nSPS) is 11.2. The van der Waals surface area contributed by atoms with E-state index in [1.54, 1.807) is 0 Å². The zero-order valence-corrected chi connectivity index (χ0v) is 11.8. The van der Waals surface area contributed by atoms with Crippen LogP contribution in [0.1, 0.15) is 19.8 Å². The lowest BCUT2D eigenvalue weighted by molar-refractivity contribution is 0.123. The highest BCUT2D eigenvalue weighted by Crippen LogP contribution is 2.31. The number of aromatic nitrogens is 2. The fraction of sp³-hybridized carbons (Fsp3) is 0.286. The third-order valence-corrected chi connectivity index (χ3v) is 4.22. The Balaban J connectivity index is 2.20. The van der Waals surface area contributed by atoms with Crippen LogP contribution in [-0.4, -0.2) is 21.5 Å². The Morgan fingerprint density at radius 3 is 3.00 bits per heavy atom. The van der Waals surface area contributed by atoms with Gasteiger partial charge in [-0.15, -0.1) is 11.3 Å². The van der Waals surface area contributed by atoms with E-state index in [1.165, 1.54) is 11.3 Å². The average molecular weight is 290 g/mol. The zero-order valence-electron chi connectivity index (χ0n) is 11.0. The van der Waals surface area contributed by atoms with E-state index in [9.17, 15) is 10.0 Å². The largest absolute Gasteiger partial charge is 0.463 e. The molecular weight excluding hydrogens is 276 g/mol. The van der Waals surface area contributed by atoms with Crippen molar-refractivity contribution in [2.24, 2.45) is 0 Å². The van der Waals surface area contributed by atoms with E-state index in [0.29, 0.717) is 21.6 Å². The molecule has 20 heavy (non-hydrogen) atoms. The Morgan fingerprint density at radius 2 is 2.20 bits per heavy atom. The van der Waals surface area contributed by atoms with E-state index in [-0.39, 0.29) is 6.01 Å². The van der Waals surface area contributed by atoms with Gasteiger partial charge in [-0.25, -0.2) is 0 Å². The van der Waals surface area contributed by atoms with Crippen molar-refractivity contribution < 1.29 is 9.94 Å². The van der Waals surface area contributed by atoms with E-state index in [0.717, 1.165) is 22.9 Å². The van der Waals surface area contributed by atoms with Crippen LogP contribution in [0.25, 0.3) is 20.3 Å². The van der Waals surface area contributed by atoms with Crippen molar-refractivity contribution in [2.45, 2.75) is 19.8 Å². The van der Waals surface area contributed by atoms with Gasteiger partial charge in [0.1, 0.15) is 10.2 Å². The van der Waals surface area contributed by atoms with Crippen LogP contribution in [0.3, 0.4) is 0 Å². The average Bonchev–Trinajstić information content (AvgIpc) is 2.83. The van der Waals surface area contributed by atoms with Crippen LogP contribution in [0, 0.1) is 0 Å². The maximum Gasteiger partial charge on any atom is 0.334 e. The summed E-state index contributed by atoms with van der Waals surface area (Å²) in [5, 5.41) is 10.8. The molecule has 0 spiro atoms. The summed E-state index contributed by atoms with van der Waals surface area (Å²) < 4.78 is 7.30. The molecule has 0 atom stereocenters. The highest BCUT2D eigenvalue weighted by molar-refractivity contribution is 7.25. The molecule has 2 aromatic heterocycles. The summed E-state index contributed by atoms with van der Waals surface area (Å²) in [5.41, 5.74) is 0.107. The van der Waals surface area contributed by atoms with Gasteiger partial charge >= 0.3 is 11.6 Å². The zero-order chi connectivity index (χ0) is 14.1. The second-order valence-electron chi connectivity index (χ2n) is 4.49. The molecule has 0 amide bonds. The first-order chi connectivity index (χ1) is 9.72. The van der Waals surface area contributed by atoms with E-state index < -0.39 is 5.56 Å². The molecule has 1 N–H and O–H groups in total. The van der Waals surface area contributed by atoms with Gasteiger partial charge in [0, 0.05) is 10.1 Å². The molecule has 1 aromatic carbocycles. The summed E-state index contributed by atoms with van der Waals surface area (Å²) in [5.74, 6) is 0. The van der Waals surface area contributed by atoms with E-state index in [4.69, 9.17) is 4.74 Å². The molecule has 3 rings (SSSR count). The van der Waals surface area contributed by atoms with Crippen molar-refractivity contribution in [3.63, 3.8) is 0 Å². The summed E-state index contributed by atoms with van der Waals surface area (Å²) in [6.07, 6.45) is 1.82. The van der Waals surface area contributed by atoms with Crippen molar-refractivity contribution in [3.8, 4) is 6.01 Å². The molecule has 104 valence electrons. The number of fused-ring (bicyclic) bond motifs is 3.